The number of nitriles is 1. The van der Waals surface area contributed by atoms with Crippen LogP contribution in [-0.4, -0.2) is 12.1 Å². The Balaban J connectivity index is 2.18. The van der Waals surface area contributed by atoms with E-state index >= 15 is 0 Å². The van der Waals surface area contributed by atoms with Gasteiger partial charge in [0.25, 0.3) is 0 Å². The summed E-state index contributed by atoms with van der Waals surface area (Å²) in [5.41, 5.74) is 1.35. The standard InChI is InChI=1S/C14H12FN3O/c1-19-14-4-2-13(3-5-14)18(10-16)9-11-6-12(15)8-17-7-11/h2-8H,9H2,1H3. The van der Waals surface area contributed by atoms with E-state index < -0.39 is 5.82 Å². The molecule has 1 heterocycles. The monoisotopic (exact) mass is 257 g/mol. The number of anilines is 1. The van der Waals surface area contributed by atoms with Gasteiger partial charge >= 0.3 is 0 Å². The Labute approximate surface area is 110 Å². The second kappa shape index (κ2) is 5.83. The first kappa shape index (κ1) is 12.8. The summed E-state index contributed by atoms with van der Waals surface area (Å²) in [6, 6.07) is 8.44. The van der Waals surface area contributed by atoms with Crippen LogP contribution in [0, 0.1) is 17.3 Å². The van der Waals surface area contributed by atoms with Crippen LogP contribution < -0.4 is 9.64 Å². The number of pyridine rings is 1. The van der Waals surface area contributed by atoms with Gasteiger partial charge in [0.15, 0.2) is 6.19 Å². The average molecular weight is 257 g/mol. The van der Waals surface area contributed by atoms with E-state index in [1.807, 2.05) is 0 Å². The van der Waals surface area contributed by atoms with Crippen LogP contribution in [-0.2, 0) is 6.54 Å². The van der Waals surface area contributed by atoms with Crippen molar-refractivity contribution in [2.45, 2.75) is 6.54 Å². The summed E-state index contributed by atoms with van der Waals surface area (Å²) in [6.07, 6.45) is 4.74. The average Bonchev–Trinajstić information content (AvgIpc) is 2.45. The van der Waals surface area contributed by atoms with Crippen molar-refractivity contribution in [1.29, 1.82) is 5.26 Å². The maximum Gasteiger partial charge on any atom is 0.184 e. The van der Waals surface area contributed by atoms with Gasteiger partial charge in [-0.05, 0) is 35.9 Å². The van der Waals surface area contributed by atoms with Gasteiger partial charge in [-0.1, -0.05) is 0 Å². The van der Waals surface area contributed by atoms with Crippen molar-refractivity contribution in [2.24, 2.45) is 0 Å². The van der Waals surface area contributed by atoms with E-state index in [2.05, 4.69) is 11.2 Å². The van der Waals surface area contributed by atoms with Crippen molar-refractivity contribution in [3.05, 3.63) is 54.1 Å². The molecule has 0 unspecified atom stereocenters. The molecule has 1 aromatic heterocycles. The number of halogens is 1. The van der Waals surface area contributed by atoms with Crippen LogP contribution in [0.15, 0.2) is 42.7 Å². The van der Waals surface area contributed by atoms with E-state index in [0.29, 0.717) is 17.0 Å². The van der Waals surface area contributed by atoms with E-state index in [-0.39, 0.29) is 6.54 Å². The predicted octanol–water partition coefficient (Wildman–Crippen LogP) is 2.72. The van der Waals surface area contributed by atoms with E-state index in [0.717, 1.165) is 6.20 Å². The fourth-order valence-corrected chi connectivity index (χ4v) is 1.67. The van der Waals surface area contributed by atoms with E-state index in [1.165, 1.54) is 17.2 Å². The molecule has 0 spiro atoms. The molecule has 2 rings (SSSR count). The molecule has 0 N–H and O–H groups in total. The third-order valence-electron chi connectivity index (χ3n) is 2.61. The summed E-state index contributed by atoms with van der Waals surface area (Å²) >= 11 is 0. The third kappa shape index (κ3) is 3.19. The highest BCUT2D eigenvalue weighted by atomic mass is 19.1. The highest BCUT2D eigenvalue weighted by Gasteiger charge is 2.07. The number of hydrogen-bond donors (Lipinski definition) is 0. The summed E-state index contributed by atoms with van der Waals surface area (Å²) < 4.78 is 18.1. The Kier molecular flexibility index (Phi) is 3.94. The number of methoxy groups -OCH3 is 1. The van der Waals surface area contributed by atoms with Crippen LogP contribution in [0.3, 0.4) is 0 Å². The molecule has 0 atom stereocenters. The highest BCUT2D eigenvalue weighted by molar-refractivity contribution is 5.52. The lowest BCUT2D eigenvalue weighted by molar-refractivity contribution is 0.415. The van der Waals surface area contributed by atoms with Crippen LogP contribution in [0.4, 0.5) is 10.1 Å². The quantitative estimate of drug-likeness (QED) is 0.624. The number of benzene rings is 1. The van der Waals surface area contributed by atoms with Gasteiger partial charge in [0.2, 0.25) is 0 Å². The van der Waals surface area contributed by atoms with Crippen LogP contribution in [0.1, 0.15) is 5.56 Å². The van der Waals surface area contributed by atoms with Gasteiger partial charge in [-0.3, -0.25) is 9.88 Å². The number of ether oxygens (including phenoxy) is 1. The molecule has 0 aliphatic rings. The molecule has 0 amide bonds. The van der Waals surface area contributed by atoms with Crippen molar-refractivity contribution in [2.75, 3.05) is 12.0 Å². The Hall–Kier alpha value is -2.61. The van der Waals surface area contributed by atoms with Gasteiger partial charge in [-0.15, -0.1) is 0 Å². The first-order valence-corrected chi connectivity index (χ1v) is 5.63. The molecule has 0 fully saturated rings. The Bertz CT molecular complexity index is 592. The largest absolute Gasteiger partial charge is 0.497 e. The molecule has 5 heteroatoms. The molecule has 4 nitrogen and oxygen atoms in total. The molecule has 96 valence electrons. The molecule has 0 saturated heterocycles. The minimum Gasteiger partial charge on any atom is -0.497 e. The first-order chi connectivity index (χ1) is 9.22. The molecule has 0 saturated carbocycles. The number of nitrogens with zero attached hydrogens (tertiary/aromatic N) is 3. The van der Waals surface area contributed by atoms with E-state index in [1.54, 1.807) is 31.4 Å². The predicted molar refractivity (Wildman–Crippen MR) is 69.0 cm³/mol. The SMILES string of the molecule is COc1ccc(N(C#N)Cc2cncc(F)c2)cc1. The number of aromatic nitrogens is 1. The van der Waals surface area contributed by atoms with Gasteiger partial charge in [-0.25, -0.2) is 4.39 Å². The van der Waals surface area contributed by atoms with Crippen LogP contribution in [0.2, 0.25) is 0 Å². The zero-order chi connectivity index (χ0) is 13.7. The maximum atomic E-state index is 13.0. The molecule has 0 aliphatic carbocycles. The van der Waals surface area contributed by atoms with E-state index in [4.69, 9.17) is 10.00 Å². The smallest absolute Gasteiger partial charge is 0.184 e. The Morgan fingerprint density at radius 2 is 2.05 bits per heavy atom. The zero-order valence-corrected chi connectivity index (χ0v) is 10.4. The van der Waals surface area contributed by atoms with Crippen molar-refractivity contribution in [3.63, 3.8) is 0 Å². The minimum absolute atomic E-state index is 0.271. The first-order valence-electron chi connectivity index (χ1n) is 5.63. The molecular weight excluding hydrogens is 245 g/mol. The van der Waals surface area contributed by atoms with Crippen molar-refractivity contribution < 1.29 is 9.13 Å². The minimum atomic E-state index is -0.412. The fourth-order valence-electron chi connectivity index (χ4n) is 1.67. The van der Waals surface area contributed by atoms with Gasteiger partial charge in [0.05, 0.1) is 25.5 Å². The molecule has 0 bridgehead atoms. The van der Waals surface area contributed by atoms with Crippen LogP contribution in [0.5, 0.6) is 5.75 Å². The lowest BCUT2D eigenvalue weighted by Crippen LogP contribution is -2.15. The summed E-state index contributed by atoms with van der Waals surface area (Å²) in [5.74, 6) is 0.305. The summed E-state index contributed by atoms with van der Waals surface area (Å²) in [4.78, 5) is 5.22. The van der Waals surface area contributed by atoms with Crippen molar-refractivity contribution >= 4 is 5.69 Å². The normalized spacial score (nSPS) is 9.74. The fraction of sp³-hybridized carbons (Fsp3) is 0.143. The Morgan fingerprint density at radius 1 is 1.32 bits per heavy atom. The second-order valence-corrected chi connectivity index (χ2v) is 3.90. The lowest BCUT2D eigenvalue weighted by Gasteiger charge is -2.15. The van der Waals surface area contributed by atoms with Crippen molar-refractivity contribution in [1.82, 2.24) is 4.98 Å². The topological polar surface area (TPSA) is 49.1 Å². The summed E-state index contributed by atoms with van der Waals surface area (Å²) in [5, 5.41) is 9.17. The zero-order valence-electron chi connectivity index (χ0n) is 10.4. The van der Waals surface area contributed by atoms with Gasteiger partial charge in [-0.2, -0.15) is 5.26 Å². The molecular formula is C14H12FN3O. The van der Waals surface area contributed by atoms with Gasteiger partial charge < -0.3 is 4.74 Å². The van der Waals surface area contributed by atoms with Crippen molar-refractivity contribution in [3.8, 4) is 11.9 Å². The lowest BCUT2D eigenvalue weighted by atomic mass is 10.2. The number of rotatable bonds is 4. The molecule has 2 aromatic rings. The highest BCUT2D eigenvalue weighted by Crippen LogP contribution is 2.20. The molecule has 0 radical (unpaired) electrons. The van der Waals surface area contributed by atoms with Gasteiger partial charge in [0.1, 0.15) is 11.6 Å². The molecule has 1 aromatic carbocycles. The van der Waals surface area contributed by atoms with Crippen LogP contribution >= 0.6 is 0 Å². The number of hydrogen-bond acceptors (Lipinski definition) is 4. The summed E-state index contributed by atoms with van der Waals surface area (Å²) in [6.45, 7) is 0.271. The second-order valence-electron chi connectivity index (χ2n) is 3.90. The third-order valence-corrected chi connectivity index (χ3v) is 2.61. The van der Waals surface area contributed by atoms with Crippen LogP contribution in [0.25, 0.3) is 0 Å². The molecule has 0 aliphatic heterocycles. The molecule has 19 heavy (non-hydrogen) atoms. The summed E-state index contributed by atoms with van der Waals surface area (Å²) in [7, 11) is 1.58. The Morgan fingerprint density at radius 3 is 2.63 bits per heavy atom. The van der Waals surface area contributed by atoms with Gasteiger partial charge in [0, 0.05) is 6.20 Å². The van der Waals surface area contributed by atoms with E-state index in [9.17, 15) is 4.39 Å². The maximum absolute atomic E-state index is 13.0.